The molecule has 0 atom stereocenters. The van der Waals surface area contributed by atoms with Crippen LogP contribution in [-0.2, 0) is 0 Å². The molecule has 0 saturated heterocycles. The van der Waals surface area contributed by atoms with Gasteiger partial charge in [0.05, 0.1) is 13.2 Å². The van der Waals surface area contributed by atoms with Gasteiger partial charge in [-0.25, -0.2) is 4.98 Å². The largest absolute Gasteiger partial charge is 0.399 e. The fourth-order valence-corrected chi connectivity index (χ4v) is 1.19. The Bertz CT molecular complexity index is 275. The summed E-state index contributed by atoms with van der Waals surface area (Å²) in [6.45, 7) is 0.932. The van der Waals surface area contributed by atoms with Crippen LogP contribution >= 0.6 is 0 Å². The van der Waals surface area contributed by atoms with E-state index < -0.39 is 0 Å². The lowest BCUT2D eigenvalue weighted by Gasteiger charge is -2.21. The molecule has 0 fully saturated rings. The molecule has 78 valence electrons. The van der Waals surface area contributed by atoms with Crippen LogP contribution in [0.5, 0.6) is 0 Å². The lowest BCUT2D eigenvalue weighted by Crippen LogP contribution is -2.30. The van der Waals surface area contributed by atoms with Gasteiger partial charge >= 0.3 is 0 Å². The first-order valence-corrected chi connectivity index (χ1v) is 4.46. The van der Waals surface area contributed by atoms with Crippen molar-refractivity contribution in [1.82, 2.24) is 4.98 Å². The van der Waals surface area contributed by atoms with Gasteiger partial charge in [0.15, 0.2) is 0 Å². The number of aliphatic hydroxyl groups excluding tert-OH is 2. The summed E-state index contributed by atoms with van der Waals surface area (Å²) in [4.78, 5) is 5.88. The number of nitrogen functional groups attached to an aromatic ring is 1. The van der Waals surface area contributed by atoms with Crippen molar-refractivity contribution >= 4 is 11.5 Å². The van der Waals surface area contributed by atoms with Crippen LogP contribution in [-0.4, -0.2) is 41.5 Å². The summed E-state index contributed by atoms with van der Waals surface area (Å²) in [7, 11) is 0. The maximum atomic E-state index is 8.81. The SMILES string of the molecule is Nc1ccnc(N(CCO)CCO)c1. The first kappa shape index (κ1) is 10.7. The summed E-state index contributed by atoms with van der Waals surface area (Å²) in [5.41, 5.74) is 6.22. The minimum absolute atomic E-state index is 0.0243. The van der Waals surface area contributed by atoms with Gasteiger partial charge < -0.3 is 20.8 Å². The van der Waals surface area contributed by atoms with E-state index in [1.807, 2.05) is 0 Å². The van der Waals surface area contributed by atoms with Gasteiger partial charge in [-0.1, -0.05) is 0 Å². The average molecular weight is 197 g/mol. The van der Waals surface area contributed by atoms with Crippen LogP contribution in [0.1, 0.15) is 0 Å². The predicted molar refractivity (Wildman–Crippen MR) is 55.0 cm³/mol. The molecule has 14 heavy (non-hydrogen) atoms. The first-order chi connectivity index (χ1) is 6.77. The minimum Gasteiger partial charge on any atom is -0.399 e. The number of hydrogen-bond acceptors (Lipinski definition) is 5. The molecule has 0 aliphatic heterocycles. The van der Waals surface area contributed by atoms with E-state index >= 15 is 0 Å². The number of aliphatic hydroxyl groups is 2. The molecular weight excluding hydrogens is 182 g/mol. The fraction of sp³-hybridized carbons (Fsp3) is 0.444. The molecule has 1 aromatic heterocycles. The highest BCUT2D eigenvalue weighted by molar-refractivity contribution is 5.50. The van der Waals surface area contributed by atoms with Gasteiger partial charge in [0.25, 0.3) is 0 Å². The maximum absolute atomic E-state index is 8.81. The van der Waals surface area contributed by atoms with Crippen molar-refractivity contribution in [2.24, 2.45) is 0 Å². The van der Waals surface area contributed by atoms with Crippen LogP contribution < -0.4 is 10.6 Å². The molecule has 0 aromatic carbocycles. The summed E-state index contributed by atoms with van der Waals surface area (Å²) in [5, 5.41) is 17.6. The zero-order valence-corrected chi connectivity index (χ0v) is 7.93. The lowest BCUT2D eigenvalue weighted by molar-refractivity contribution is 0.280. The minimum atomic E-state index is 0.0243. The molecule has 5 heteroatoms. The van der Waals surface area contributed by atoms with E-state index in [0.717, 1.165) is 0 Å². The molecular formula is C9H15N3O2. The second-order valence-corrected chi connectivity index (χ2v) is 2.88. The maximum Gasteiger partial charge on any atom is 0.130 e. The Morgan fingerprint density at radius 3 is 2.43 bits per heavy atom. The Hall–Kier alpha value is -1.33. The van der Waals surface area contributed by atoms with E-state index in [9.17, 15) is 0 Å². The smallest absolute Gasteiger partial charge is 0.130 e. The predicted octanol–water partition coefficient (Wildman–Crippen LogP) is -0.545. The molecule has 0 radical (unpaired) electrons. The monoisotopic (exact) mass is 197 g/mol. The van der Waals surface area contributed by atoms with Crippen molar-refractivity contribution < 1.29 is 10.2 Å². The van der Waals surface area contributed by atoms with Crippen molar-refractivity contribution in [2.75, 3.05) is 36.9 Å². The van der Waals surface area contributed by atoms with Crippen LogP contribution in [0.4, 0.5) is 11.5 Å². The number of nitrogens with zero attached hydrogens (tertiary/aromatic N) is 2. The van der Waals surface area contributed by atoms with E-state index in [1.54, 1.807) is 23.2 Å². The van der Waals surface area contributed by atoms with E-state index in [2.05, 4.69) is 4.98 Å². The topological polar surface area (TPSA) is 82.6 Å². The van der Waals surface area contributed by atoms with Crippen LogP contribution in [0.25, 0.3) is 0 Å². The van der Waals surface area contributed by atoms with Crippen LogP contribution in [0.2, 0.25) is 0 Å². The Labute approximate surface area is 82.8 Å². The quantitative estimate of drug-likeness (QED) is 0.590. The molecule has 0 aliphatic carbocycles. The van der Waals surface area contributed by atoms with Gasteiger partial charge in [0, 0.05) is 31.0 Å². The second kappa shape index (κ2) is 5.41. The molecule has 0 unspecified atom stereocenters. The normalized spacial score (nSPS) is 10.1. The highest BCUT2D eigenvalue weighted by Crippen LogP contribution is 2.12. The fourth-order valence-electron chi connectivity index (χ4n) is 1.19. The third kappa shape index (κ3) is 2.86. The Kier molecular flexibility index (Phi) is 4.15. The number of hydrogen-bond donors (Lipinski definition) is 3. The number of pyridine rings is 1. The molecule has 0 amide bonds. The molecule has 0 saturated carbocycles. The summed E-state index contributed by atoms with van der Waals surface area (Å²) >= 11 is 0. The van der Waals surface area contributed by atoms with Gasteiger partial charge in [0.2, 0.25) is 0 Å². The Morgan fingerprint density at radius 2 is 1.93 bits per heavy atom. The van der Waals surface area contributed by atoms with Gasteiger partial charge in [-0.2, -0.15) is 0 Å². The number of rotatable bonds is 5. The van der Waals surface area contributed by atoms with Crippen molar-refractivity contribution in [3.8, 4) is 0 Å². The molecule has 5 nitrogen and oxygen atoms in total. The van der Waals surface area contributed by atoms with Gasteiger partial charge in [-0.05, 0) is 6.07 Å². The molecule has 1 aromatic rings. The van der Waals surface area contributed by atoms with E-state index in [-0.39, 0.29) is 13.2 Å². The summed E-state index contributed by atoms with van der Waals surface area (Å²) in [6.07, 6.45) is 1.60. The third-order valence-electron chi connectivity index (χ3n) is 1.83. The van der Waals surface area contributed by atoms with Crippen molar-refractivity contribution in [2.45, 2.75) is 0 Å². The van der Waals surface area contributed by atoms with Crippen LogP contribution in [0.3, 0.4) is 0 Å². The highest BCUT2D eigenvalue weighted by Gasteiger charge is 2.06. The molecule has 1 heterocycles. The first-order valence-electron chi connectivity index (χ1n) is 4.46. The van der Waals surface area contributed by atoms with E-state index in [4.69, 9.17) is 15.9 Å². The van der Waals surface area contributed by atoms with Crippen molar-refractivity contribution in [3.63, 3.8) is 0 Å². The van der Waals surface area contributed by atoms with Gasteiger partial charge in [0.1, 0.15) is 5.82 Å². The van der Waals surface area contributed by atoms with Crippen molar-refractivity contribution in [1.29, 1.82) is 0 Å². The second-order valence-electron chi connectivity index (χ2n) is 2.88. The third-order valence-corrected chi connectivity index (χ3v) is 1.83. The Balaban J connectivity index is 2.75. The molecule has 1 rings (SSSR count). The van der Waals surface area contributed by atoms with Gasteiger partial charge in [-0.15, -0.1) is 0 Å². The number of anilines is 2. The zero-order chi connectivity index (χ0) is 10.4. The van der Waals surface area contributed by atoms with Crippen molar-refractivity contribution in [3.05, 3.63) is 18.3 Å². The molecule has 0 bridgehead atoms. The van der Waals surface area contributed by atoms with Gasteiger partial charge in [-0.3, -0.25) is 0 Å². The standard InChI is InChI=1S/C9H15N3O2/c10-8-1-2-11-9(7-8)12(3-5-13)4-6-14/h1-2,7,13-14H,3-6H2,(H2,10,11). The van der Waals surface area contributed by atoms with Crippen LogP contribution in [0, 0.1) is 0 Å². The van der Waals surface area contributed by atoms with E-state index in [1.165, 1.54) is 0 Å². The summed E-state index contributed by atoms with van der Waals surface area (Å²) in [6, 6.07) is 3.41. The van der Waals surface area contributed by atoms with E-state index in [0.29, 0.717) is 24.6 Å². The van der Waals surface area contributed by atoms with Crippen LogP contribution in [0.15, 0.2) is 18.3 Å². The molecule has 0 spiro atoms. The number of nitrogens with two attached hydrogens (primary N) is 1. The summed E-state index contributed by atoms with van der Waals surface area (Å²) < 4.78 is 0. The number of aromatic nitrogens is 1. The zero-order valence-electron chi connectivity index (χ0n) is 7.93. The average Bonchev–Trinajstić information content (AvgIpc) is 2.17. The molecule has 0 aliphatic rings. The highest BCUT2D eigenvalue weighted by atomic mass is 16.3. The lowest BCUT2D eigenvalue weighted by atomic mass is 10.3. The molecule has 4 N–H and O–H groups in total. The Morgan fingerprint density at radius 1 is 1.29 bits per heavy atom. The summed E-state index contributed by atoms with van der Waals surface area (Å²) in [5.74, 6) is 0.674.